The highest BCUT2D eigenvalue weighted by molar-refractivity contribution is 7.09. The van der Waals surface area contributed by atoms with E-state index in [0.29, 0.717) is 23.5 Å². The van der Waals surface area contributed by atoms with Crippen LogP contribution in [0.3, 0.4) is 0 Å². The Kier molecular flexibility index (Phi) is 4.17. The van der Waals surface area contributed by atoms with E-state index in [1.165, 1.54) is 27.9 Å². The van der Waals surface area contributed by atoms with Crippen LogP contribution in [0.1, 0.15) is 10.6 Å². The Hall–Kier alpha value is -3.46. The maximum Gasteiger partial charge on any atom is 0.283 e. The van der Waals surface area contributed by atoms with Crippen molar-refractivity contribution in [2.45, 2.75) is 19.9 Å². The highest BCUT2D eigenvalue weighted by atomic mass is 32.1. The fraction of sp³-hybridized carbons (Fsp3) is 0.150. The zero-order valence-corrected chi connectivity index (χ0v) is 16.2. The van der Waals surface area contributed by atoms with Crippen molar-refractivity contribution in [3.05, 3.63) is 74.8 Å². The van der Waals surface area contributed by atoms with Gasteiger partial charge in [0.2, 0.25) is 0 Å². The lowest BCUT2D eigenvalue weighted by molar-refractivity contribution is 0.628. The molecule has 0 amide bonds. The Morgan fingerprint density at radius 2 is 1.93 bits per heavy atom. The van der Waals surface area contributed by atoms with Crippen molar-refractivity contribution in [2.24, 2.45) is 0 Å². The maximum absolute atomic E-state index is 13.3. The number of fused-ring (bicyclic) bond motifs is 3. The highest BCUT2D eigenvalue weighted by Gasteiger charge is 2.18. The molecule has 0 aliphatic carbocycles. The lowest BCUT2D eigenvalue weighted by Crippen LogP contribution is -2.23. The number of rotatable bonds is 4. The molecule has 9 heteroatoms. The van der Waals surface area contributed by atoms with Gasteiger partial charge in [-0.05, 0) is 42.5 Å². The molecule has 144 valence electrons. The molecule has 0 bridgehead atoms. The molecule has 5 aromatic rings. The summed E-state index contributed by atoms with van der Waals surface area (Å²) in [7, 11) is 0. The molecule has 29 heavy (non-hydrogen) atoms. The van der Waals surface area contributed by atoms with Gasteiger partial charge in [-0.2, -0.15) is 9.61 Å². The molecule has 0 N–H and O–H groups in total. The number of aryl methyl sites for hydroxylation is 3. The number of hydrogen-bond acceptors (Lipinski definition) is 6. The Morgan fingerprint density at radius 1 is 1.10 bits per heavy atom. The van der Waals surface area contributed by atoms with Crippen LogP contribution in [0.4, 0.5) is 4.39 Å². The summed E-state index contributed by atoms with van der Waals surface area (Å²) in [5, 5.41) is 14.9. The molecule has 5 rings (SSSR count). The highest BCUT2D eigenvalue weighted by Crippen LogP contribution is 2.27. The van der Waals surface area contributed by atoms with Crippen LogP contribution in [0.15, 0.2) is 52.9 Å². The van der Waals surface area contributed by atoms with Gasteiger partial charge in [0.15, 0.2) is 16.8 Å². The molecule has 0 saturated heterocycles. The molecular formula is C20H15FN6OS. The van der Waals surface area contributed by atoms with E-state index in [1.807, 2.05) is 24.4 Å². The van der Waals surface area contributed by atoms with Gasteiger partial charge in [0.05, 0.1) is 11.3 Å². The third kappa shape index (κ3) is 2.99. The van der Waals surface area contributed by atoms with Crippen molar-refractivity contribution < 1.29 is 4.39 Å². The first-order chi connectivity index (χ1) is 14.1. The molecular weight excluding hydrogens is 391 g/mol. The van der Waals surface area contributed by atoms with E-state index in [2.05, 4.69) is 20.3 Å². The Bertz CT molecular complexity index is 1390. The van der Waals surface area contributed by atoms with E-state index in [9.17, 15) is 9.18 Å². The smallest absolute Gasteiger partial charge is 0.283 e. The van der Waals surface area contributed by atoms with Gasteiger partial charge in [-0.25, -0.2) is 9.37 Å². The molecule has 0 radical (unpaired) electrons. The summed E-state index contributed by atoms with van der Waals surface area (Å²) in [6, 6.07) is 10.1. The standard InChI is InChI=1S/C20H15FN6OS/c1-12-16(13-4-6-14(21)7-5-13)18-24-23-17-19(27(18)25-12)22-11-26(20(17)28)9-8-15-3-2-10-29-15/h2-7,10-11H,8-9H2,1H3. The van der Waals surface area contributed by atoms with Crippen LogP contribution in [0.5, 0.6) is 0 Å². The SMILES string of the molecule is Cc1nn2c(nnc3c(=O)n(CCc4cccs4)cnc32)c1-c1ccc(F)cc1. The molecule has 0 unspecified atom stereocenters. The summed E-state index contributed by atoms with van der Waals surface area (Å²) in [5.74, 6) is -0.316. The van der Waals surface area contributed by atoms with Gasteiger partial charge in [0.1, 0.15) is 12.1 Å². The van der Waals surface area contributed by atoms with Gasteiger partial charge in [-0.3, -0.25) is 9.36 Å². The molecule has 0 fully saturated rings. The monoisotopic (exact) mass is 406 g/mol. The first kappa shape index (κ1) is 17.6. The minimum absolute atomic E-state index is 0.166. The second-order valence-electron chi connectivity index (χ2n) is 6.65. The van der Waals surface area contributed by atoms with Crippen molar-refractivity contribution in [1.82, 2.24) is 29.4 Å². The fourth-order valence-corrected chi connectivity index (χ4v) is 4.06. The largest absolute Gasteiger partial charge is 0.297 e. The Morgan fingerprint density at radius 3 is 2.69 bits per heavy atom. The molecule has 0 atom stereocenters. The Labute approximate surface area is 168 Å². The van der Waals surface area contributed by atoms with E-state index in [0.717, 1.165) is 17.5 Å². The maximum atomic E-state index is 13.3. The number of hydrogen-bond donors (Lipinski definition) is 0. The number of nitrogens with zero attached hydrogens (tertiary/aromatic N) is 6. The lowest BCUT2D eigenvalue weighted by atomic mass is 10.1. The lowest BCUT2D eigenvalue weighted by Gasteiger charge is -2.06. The van der Waals surface area contributed by atoms with Crippen molar-refractivity contribution >= 4 is 28.1 Å². The van der Waals surface area contributed by atoms with Crippen LogP contribution in [0.25, 0.3) is 27.9 Å². The summed E-state index contributed by atoms with van der Waals surface area (Å²) >= 11 is 1.66. The van der Waals surface area contributed by atoms with Gasteiger partial charge in [-0.1, -0.05) is 18.2 Å². The number of benzene rings is 1. The third-order valence-electron chi connectivity index (χ3n) is 4.79. The number of halogens is 1. The molecule has 1 aromatic carbocycles. The molecule has 0 spiro atoms. The van der Waals surface area contributed by atoms with Crippen LogP contribution < -0.4 is 5.56 Å². The molecule has 0 saturated carbocycles. The Balaban J connectivity index is 1.62. The molecule has 7 nitrogen and oxygen atoms in total. The minimum Gasteiger partial charge on any atom is -0.297 e. The molecule has 0 aliphatic rings. The zero-order valence-electron chi connectivity index (χ0n) is 15.4. The van der Waals surface area contributed by atoms with Crippen LogP contribution in [-0.2, 0) is 13.0 Å². The fourth-order valence-electron chi connectivity index (χ4n) is 3.36. The van der Waals surface area contributed by atoms with Crippen LogP contribution in [0, 0.1) is 12.7 Å². The topological polar surface area (TPSA) is 78.0 Å². The van der Waals surface area contributed by atoms with Gasteiger partial charge >= 0.3 is 0 Å². The van der Waals surface area contributed by atoms with Crippen molar-refractivity contribution in [2.75, 3.05) is 0 Å². The molecule has 4 heterocycles. The summed E-state index contributed by atoms with van der Waals surface area (Å²) in [5.41, 5.74) is 2.95. The molecule has 4 aromatic heterocycles. The average Bonchev–Trinajstić information content (AvgIpc) is 3.35. The predicted octanol–water partition coefficient (Wildman–Crippen LogP) is 3.25. The van der Waals surface area contributed by atoms with E-state index in [1.54, 1.807) is 28.0 Å². The second-order valence-corrected chi connectivity index (χ2v) is 7.68. The third-order valence-corrected chi connectivity index (χ3v) is 5.72. The summed E-state index contributed by atoms with van der Waals surface area (Å²) in [6.45, 7) is 2.35. The van der Waals surface area contributed by atoms with Crippen LogP contribution in [0.2, 0.25) is 0 Å². The number of aromatic nitrogens is 6. The normalized spacial score (nSPS) is 11.5. The second kappa shape index (κ2) is 6.85. The zero-order chi connectivity index (χ0) is 20.0. The van der Waals surface area contributed by atoms with E-state index in [-0.39, 0.29) is 16.9 Å². The van der Waals surface area contributed by atoms with Gasteiger partial charge < -0.3 is 0 Å². The minimum atomic E-state index is -0.316. The van der Waals surface area contributed by atoms with E-state index in [4.69, 9.17) is 0 Å². The average molecular weight is 406 g/mol. The molecule has 0 aliphatic heterocycles. The first-order valence-electron chi connectivity index (χ1n) is 9.01. The first-order valence-corrected chi connectivity index (χ1v) is 9.89. The van der Waals surface area contributed by atoms with Crippen molar-refractivity contribution in [3.8, 4) is 11.1 Å². The summed E-state index contributed by atoms with van der Waals surface area (Å²) in [6.07, 6.45) is 2.27. The van der Waals surface area contributed by atoms with E-state index >= 15 is 0 Å². The number of thiophene rings is 1. The van der Waals surface area contributed by atoms with Crippen LogP contribution in [-0.4, -0.2) is 29.4 Å². The van der Waals surface area contributed by atoms with Crippen molar-refractivity contribution in [3.63, 3.8) is 0 Å². The predicted molar refractivity (Wildman–Crippen MR) is 108 cm³/mol. The van der Waals surface area contributed by atoms with Gasteiger partial charge in [0.25, 0.3) is 5.56 Å². The summed E-state index contributed by atoms with van der Waals surface area (Å²) in [4.78, 5) is 18.5. The van der Waals surface area contributed by atoms with Gasteiger partial charge in [0, 0.05) is 11.4 Å². The summed E-state index contributed by atoms with van der Waals surface area (Å²) < 4.78 is 16.4. The quantitative estimate of drug-likeness (QED) is 0.458. The van der Waals surface area contributed by atoms with Crippen molar-refractivity contribution in [1.29, 1.82) is 0 Å². The van der Waals surface area contributed by atoms with Gasteiger partial charge in [-0.15, -0.1) is 21.5 Å². The van der Waals surface area contributed by atoms with Crippen LogP contribution >= 0.6 is 11.3 Å². The van der Waals surface area contributed by atoms with E-state index < -0.39 is 0 Å².